The summed E-state index contributed by atoms with van der Waals surface area (Å²) in [5.74, 6) is 0.718. The van der Waals surface area contributed by atoms with Crippen LogP contribution < -0.4 is 0 Å². The molecule has 3 saturated heterocycles. The molecule has 0 aliphatic carbocycles. The third-order valence-electron chi connectivity index (χ3n) is 6.52. The molecule has 0 N–H and O–H groups in total. The monoisotopic (exact) mass is 497 g/mol. The zero-order chi connectivity index (χ0) is 23.5. The van der Waals surface area contributed by atoms with Gasteiger partial charge in [0.15, 0.2) is 0 Å². The summed E-state index contributed by atoms with van der Waals surface area (Å²) in [5.41, 5.74) is 0.258. The van der Waals surface area contributed by atoms with Gasteiger partial charge in [-0.1, -0.05) is 6.92 Å². The molecule has 11 heteroatoms. The molecule has 0 aromatic rings. The topological polar surface area (TPSA) is 77.1 Å². The van der Waals surface area contributed by atoms with E-state index >= 15 is 0 Å². The maximum absolute atomic E-state index is 6.13. The maximum Gasteiger partial charge on any atom is 0.332 e. The van der Waals surface area contributed by atoms with Crippen LogP contribution in [-0.4, -0.2) is 88.1 Å². The Labute approximate surface area is 195 Å². The van der Waals surface area contributed by atoms with Gasteiger partial charge in [0.2, 0.25) is 0 Å². The first-order valence-corrected chi connectivity index (χ1v) is 13.5. The van der Waals surface area contributed by atoms with E-state index in [-0.39, 0.29) is 35.5 Å². The molecule has 9 nitrogen and oxygen atoms in total. The van der Waals surface area contributed by atoms with Crippen LogP contribution in [0.1, 0.15) is 47.5 Å². The van der Waals surface area contributed by atoms with Gasteiger partial charge in [-0.15, -0.1) is 0 Å². The first-order valence-electron chi connectivity index (χ1n) is 11.3. The average Bonchev–Trinajstić information content (AvgIpc) is 3.29. The van der Waals surface area contributed by atoms with E-state index in [4.69, 9.17) is 36.6 Å². The minimum atomic E-state index is -1.50. The van der Waals surface area contributed by atoms with Crippen LogP contribution in [0.2, 0.25) is 0 Å². The summed E-state index contributed by atoms with van der Waals surface area (Å²) in [7, 11) is 1.81. The van der Waals surface area contributed by atoms with Gasteiger partial charge in [0.1, 0.15) is 24.4 Å². The van der Waals surface area contributed by atoms with Gasteiger partial charge in [0, 0.05) is 39.0 Å². The van der Waals surface area contributed by atoms with Gasteiger partial charge in [-0.2, -0.15) is 0 Å². The second-order valence-corrected chi connectivity index (χ2v) is 12.7. The van der Waals surface area contributed by atoms with Crippen LogP contribution >= 0.6 is 17.2 Å². The second-order valence-electron chi connectivity index (χ2n) is 10.0. The number of ether oxygens (including phenoxy) is 2. The van der Waals surface area contributed by atoms with Crippen molar-refractivity contribution in [3.8, 4) is 0 Å². The fourth-order valence-corrected chi connectivity index (χ4v) is 7.36. The van der Waals surface area contributed by atoms with Crippen LogP contribution in [0.15, 0.2) is 0 Å². The summed E-state index contributed by atoms with van der Waals surface area (Å²) in [4.78, 5) is 2.56. The van der Waals surface area contributed by atoms with Crippen LogP contribution in [0, 0.1) is 5.92 Å². The van der Waals surface area contributed by atoms with Crippen molar-refractivity contribution in [2.45, 2.75) is 83.0 Å². The van der Waals surface area contributed by atoms with Gasteiger partial charge in [0.25, 0.3) is 0 Å². The van der Waals surface area contributed by atoms with E-state index < -0.39 is 17.2 Å². The second kappa shape index (κ2) is 11.5. The van der Waals surface area contributed by atoms with E-state index in [2.05, 4.69) is 39.5 Å². The fourth-order valence-electron chi connectivity index (χ4n) is 5.75. The number of hydrogen-bond acceptors (Lipinski definition) is 9. The Kier molecular flexibility index (Phi) is 9.73. The van der Waals surface area contributed by atoms with Gasteiger partial charge in [-0.25, -0.2) is 0 Å². The molecule has 0 bridgehead atoms. The Morgan fingerprint density at radius 3 is 1.75 bits per heavy atom. The average molecular weight is 498 g/mol. The van der Waals surface area contributed by atoms with E-state index in [0.29, 0.717) is 19.8 Å². The Bertz CT molecular complexity index is 576. The fraction of sp³-hybridized carbons (Fsp3) is 1.00. The quantitative estimate of drug-likeness (QED) is 0.389. The number of rotatable bonds is 11. The van der Waals surface area contributed by atoms with Crippen LogP contribution in [0.25, 0.3) is 0 Å². The van der Waals surface area contributed by atoms with Crippen LogP contribution in [0.4, 0.5) is 0 Å². The van der Waals surface area contributed by atoms with Crippen molar-refractivity contribution < 1.29 is 36.6 Å². The summed E-state index contributed by atoms with van der Waals surface area (Å²) in [6, 6.07) is 0. The van der Waals surface area contributed by atoms with Crippen molar-refractivity contribution in [3.63, 3.8) is 0 Å². The lowest BCUT2D eigenvalue weighted by atomic mass is 9.74. The van der Waals surface area contributed by atoms with Crippen molar-refractivity contribution in [1.82, 2.24) is 4.90 Å². The van der Waals surface area contributed by atoms with Crippen LogP contribution in [-0.2, 0) is 36.6 Å². The van der Waals surface area contributed by atoms with E-state index in [1.165, 1.54) is 12.8 Å². The molecule has 3 fully saturated rings. The predicted molar refractivity (Wildman–Crippen MR) is 123 cm³/mol. The standard InChI is InChI=1S/C21H41NO8P2/c1-15-11-20(2,3)22(21(4,5)12-15)9-10-28-32(25-8)30-17-14-27-18-16(13-26-19(17)18)29-31(23-6)24-7/h15-19H,9-14H2,1-8H3. The molecule has 3 rings (SSSR count). The SMILES string of the molecule is COP(OC)OC1COC2C(OP(OC)OCCN3C(C)(C)CC(C)CC3(C)C)COC12. The smallest absolute Gasteiger partial charge is 0.332 e. The highest BCUT2D eigenvalue weighted by atomic mass is 31.2. The molecule has 3 aliphatic heterocycles. The molecule has 32 heavy (non-hydrogen) atoms. The van der Waals surface area contributed by atoms with Crippen LogP contribution in [0.5, 0.6) is 0 Å². The molecule has 0 saturated carbocycles. The molecule has 5 atom stereocenters. The first kappa shape index (κ1) is 27.1. The summed E-state index contributed by atoms with van der Waals surface area (Å²) >= 11 is 0. The Morgan fingerprint density at radius 1 is 0.812 bits per heavy atom. The normalized spacial score (nSPS) is 33.7. The lowest BCUT2D eigenvalue weighted by Crippen LogP contribution is -2.61. The zero-order valence-electron chi connectivity index (χ0n) is 20.7. The van der Waals surface area contributed by atoms with Crippen molar-refractivity contribution in [2.24, 2.45) is 5.92 Å². The van der Waals surface area contributed by atoms with Crippen molar-refractivity contribution >= 4 is 17.2 Å². The van der Waals surface area contributed by atoms with Crippen LogP contribution in [0.3, 0.4) is 0 Å². The van der Waals surface area contributed by atoms with Gasteiger partial charge in [0.05, 0.1) is 19.8 Å². The molecular weight excluding hydrogens is 456 g/mol. The van der Waals surface area contributed by atoms with E-state index in [1.807, 2.05) is 0 Å². The molecule has 0 amide bonds. The predicted octanol–water partition coefficient (Wildman–Crippen LogP) is 4.25. The largest absolute Gasteiger partial charge is 0.370 e. The lowest BCUT2D eigenvalue weighted by molar-refractivity contribution is -0.0559. The highest BCUT2D eigenvalue weighted by molar-refractivity contribution is 7.41. The summed E-state index contributed by atoms with van der Waals surface area (Å²) < 4.78 is 45.7. The third-order valence-corrected chi connectivity index (χ3v) is 8.70. The first-order chi connectivity index (χ1) is 15.1. The molecular formula is C21H41NO8P2. The molecule has 0 aromatic heterocycles. The minimum absolute atomic E-state index is 0.129. The number of likely N-dealkylation sites (tertiary alicyclic amines) is 1. The summed E-state index contributed by atoms with van der Waals surface area (Å²) in [5, 5.41) is 0. The third kappa shape index (κ3) is 6.38. The van der Waals surface area contributed by atoms with Gasteiger partial charge >= 0.3 is 17.2 Å². The number of piperidine rings is 1. The zero-order valence-corrected chi connectivity index (χ0v) is 22.5. The maximum atomic E-state index is 6.13. The molecule has 188 valence electrons. The van der Waals surface area contributed by atoms with Crippen molar-refractivity contribution in [3.05, 3.63) is 0 Å². The Morgan fingerprint density at radius 2 is 1.28 bits per heavy atom. The van der Waals surface area contributed by atoms with Gasteiger partial charge in [-0.3, -0.25) is 4.90 Å². The summed E-state index contributed by atoms with van der Waals surface area (Å²) in [6.07, 6.45) is 1.41. The molecule has 3 aliphatic rings. The highest BCUT2D eigenvalue weighted by Crippen LogP contribution is 2.47. The summed E-state index contributed by atoms with van der Waals surface area (Å²) in [6.45, 7) is 13.8. The molecule has 0 spiro atoms. The Balaban J connectivity index is 1.48. The minimum Gasteiger partial charge on any atom is -0.370 e. The van der Waals surface area contributed by atoms with Crippen molar-refractivity contribution in [1.29, 1.82) is 0 Å². The lowest BCUT2D eigenvalue weighted by Gasteiger charge is -2.55. The molecule has 5 unspecified atom stereocenters. The van der Waals surface area contributed by atoms with Crippen molar-refractivity contribution in [2.75, 3.05) is 47.7 Å². The molecule has 0 aromatic carbocycles. The van der Waals surface area contributed by atoms with E-state index in [1.54, 1.807) is 21.3 Å². The number of hydrogen-bond donors (Lipinski definition) is 0. The van der Waals surface area contributed by atoms with Gasteiger partial charge in [-0.05, 0) is 46.5 Å². The molecule has 0 radical (unpaired) electrons. The Hall–Kier alpha value is 0.500. The number of nitrogens with zero attached hydrogens (tertiary/aromatic N) is 1. The molecule has 3 heterocycles. The van der Waals surface area contributed by atoms with Gasteiger partial charge < -0.3 is 36.6 Å². The highest BCUT2D eigenvalue weighted by Gasteiger charge is 2.51. The van der Waals surface area contributed by atoms with E-state index in [9.17, 15) is 0 Å². The van der Waals surface area contributed by atoms with E-state index in [0.717, 1.165) is 12.5 Å². The number of fused-ring (bicyclic) bond motifs is 1.